The molecule has 0 saturated carbocycles. The molecule has 114 valence electrons. The monoisotopic (exact) mass is 282 g/mol. The predicted octanol–water partition coefficient (Wildman–Crippen LogP) is 1.17. The highest BCUT2D eigenvalue weighted by atomic mass is 16.5. The SMILES string of the molecule is CC(C)C1C(=O)NC(C)(C)C(=O)N1CC1CCOC1C. The van der Waals surface area contributed by atoms with Gasteiger partial charge in [0.1, 0.15) is 11.6 Å². The van der Waals surface area contributed by atoms with E-state index in [9.17, 15) is 9.59 Å². The Morgan fingerprint density at radius 1 is 1.40 bits per heavy atom. The van der Waals surface area contributed by atoms with Crippen molar-refractivity contribution < 1.29 is 14.3 Å². The fourth-order valence-electron chi connectivity index (χ4n) is 3.19. The Hall–Kier alpha value is -1.10. The van der Waals surface area contributed by atoms with Crippen LogP contribution in [0.2, 0.25) is 0 Å². The highest BCUT2D eigenvalue weighted by Gasteiger charge is 2.47. The molecule has 2 saturated heterocycles. The number of ether oxygens (including phenoxy) is 1. The summed E-state index contributed by atoms with van der Waals surface area (Å²) in [5, 5.41) is 2.84. The fraction of sp³-hybridized carbons (Fsp3) is 0.867. The van der Waals surface area contributed by atoms with Gasteiger partial charge >= 0.3 is 0 Å². The highest BCUT2D eigenvalue weighted by molar-refractivity contribution is 5.99. The van der Waals surface area contributed by atoms with Crippen LogP contribution < -0.4 is 5.32 Å². The molecular formula is C15H26N2O3. The van der Waals surface area contributed by atoms with Crippen molar-refractivity contribution in [1.82, 2.24) is 10.2 Å². The summed E-state index contributed by atoms with van der Waals surface area (Å²) in [6, 6.07) is -0.372. The number of nitrogens with one attached hydrogen (secondary N) is 1. The summed E-state index contributed by atoms with van der Waals surface area (Å²) in [7, 11) is 0. The van der Waals surface area contributed by atoms with Crippen molar-refractivity contribution >= 4 is 11.8 Å². The summed E-state index contributed by atoms with van der Waals surface area (Å²) in [4.78, 5) is 26.8. The molecule has 2 amide bonds. The number of piperazine rings is 1. The van der Waals surface area contributed by atoms with Gasteiger partial charge in [0, 0.05) is 19.1 Å². The molecule has 0 aromatic carbocycles. The molecular weight excluding hydrogens is 256 g/mol. The largest absolute Gasteiger partial charge is 0.378 e. The number of rotatable bonds is 3. The third kappa shape index (κ3) is 2.68. The molecule has 0 aliphatic carbocycles. The number of nitrogens with zero attached hydrogens (tertiary/aromatic N) is 1. The van der Waals surface area contributed by atoms with Crippen molar-refractivity contribution in [3.8, 4) is 0 Å². The Balaban J connectivity index is 2.23. The van der Waals surface area contributed by atoms with Gasteiger partial charge in [0.15, 0.2) is 0 Å². The van der Waals surface area contributed by atoms with E-state index in [1.165, 1.54) is 0 Å². The van der Waals surface area contributed by atoms with E-state index in [0.717, 1.165) is 13.0 Å². The van der Waals surface area contributed by atoms with Gasteiger partial charge in [-0.25, -0.2) is 0 Å². The quantitative estimate of drug-likeness (QED) is 0.845. The molecule has 0 spiro atoms. The van der Waals surface area contributed by atoms with E-state index in [1.54, 1.807) is 18.7 Å². The number of amides is 2. The Morgan fingerprint density at radius 2 is 2.05 bits per heavy atom. The first-order valence-corrected chi connectivity index (χ1v) is 7.48. The van der Waals surface area contributed by atoms with E-state index in [4.69, 9.17) is 4.74 Å². The van der Waals surface area contributed by atoms with E-state index in [0.29, 0.717) is 12.5 Å². The smallest absolute Gasteiger partial charge is 0.248 e. The first kappa shape index (κ1) is 15.3. The van der Waals surface area contributed by atoms with E-state index < -0.39 is 5.54 Å². The van der Waals surface area contributed by atoms with E-state index in [-0.39, 0.29) is 29.9 Å². The Kier molecular flexibility index (Phi) is 4.09. The van der Waals surface area contributed by atoms with Gasteiger partial charge in [0.25, 0.3) is 0 Å². The lowest BCUT2D eigenvalue weighted by molar-refractivity contribution is -0.156. The van der Waals surface area contributed by atoms with Crippen LogP contribution in [-0.4, -0.2) is 47.6 Å². The molecule has 2 rings (SSSR count). The zero-order chi connectivity index (χ0) is 15.1. The van der Waals surface area contributed by atoms with Gasteiger partial charge in [-0.2, -0.15) is 0 Å². The summed E-state index contributed by atoms with van der Waals surface area (Å²) in [6.45, 7) is 10.9. The average molecular weight is 282 g/mol. The lowest BCUT2D eigenvalue weighted by Crippen LogP contribution is -2.69. The molecule has 0 bridgehead atoms. The third-order valence-electron chi connectivity index (χ3n) is 4.43. The second kappa shape index (κ2) is 5.35. The molecule has 20 heavy (non-hydrogen) atoms. The molecule has 3 atom stereocenters. The van der Waals surface area contributed by atoms with Gasteiger partial charge in [0.05, 0.1) is 6.10 Å². The Labute approximate surface area is 121 Å². The zero-order valence-electron chi connectivity index (χ0n) is 13.1. The number of hydrogen-bond donors (Lipinski definition) is 1. The predicted molar refractivity (Wildman–Crippen MR) is 76.1 cm³/mol. The molecule has 0 radical (unpaired) electrons. The first-order valence-electron chi connectivity index (χ1n) is 7.48. The lowest BCUT2D eigenvalue weighted by atomic mass is 9.89. The molecule has 2 fully saturated rings. The topological polar surface area (TPSA) is 58.6 Å². The minimum absolute atomic E-state index is 0.00917. The van der Waals surface area contributed by atoms with Crippen LogP contribution in [0.1, 0.15) is 41.0 Å². The van der Waals surface area contributed by atoms with E-state index >= 15 is 0 Å². The van der Waals surface area contributed by atoms with Crippen LogP contribution in [0.25, 0.3) is 0 Å². The van der Waals surface area contributed by atoms with Crippen LogP contribution in [0.15, 0.2) is 0 Å². The minimum Gasteiger partial charge on any atom is -0.378 e. The molecule has 2 aliphatic heterocycles. The van der Waals surface area contributed by atoms with Crippen LogP contribution in [-0.2, 0) is 14.3 Å². The molecule has 0 aromatic rings. The molecule has 2 heterocycles. The second-order valence-corrected chi connectivity index (χ2v) is 6.89. The normalized spacial score (nSPS) is 33.7. The summed E-state index contributed by atoms with van der Waals surface area (Å²) in [5.41, 5.74) is -0.814. The van der Waals surface area contributed by atoms with Gasteiger partial charge in [-0.05, 0) is 33.1 Å². The van der Waals surface area contributed by atoms with Crippen molar-refractivity contribution in [3.05, 3.63) is 0 Å². The summed E-state index contributed by atoms with van der Waals surface area (Å²) in [6.07, 6.45) is 1.11. The molecule has 5 heteroatoms. The standard InChI is InChI=1S/C15H26N2O3/c1-9(2)12-13(18)16-15(4,5)14(19)17(12)8-11-6-7-20-10(11)3/h9-12H,6-8H2,1-5H3,(H,16,18). The Morgan fingerprint density at radius 3 is 2.55 bits per heavy atom. The van der Waals surface area contributed by atoms with Crippen molar-refractivity contribution in [1.29, 1.82) is 0 Å². The number of carbonyl (C=O) groups excluding carboxylic acids is 2. The second-order valence-electron chi connectivity index (χ2n) is 6.89. The van der Waals surface area contributed by atoms with Crippen molar-refractivity contribution in [2.75, 3.05) is 13.2 Å². The minimum atomic E-state index is -0.814. The maximum Gasteiger partial charge on any atom is 0.248 e. The molecule has 2 aliphatic rings. The van der Waals surface area contributed by atoms with Crippen LogP contribution >= 0.6 is 0 Å². The molecule has 5 nitrogen and oxygen atoms in total. The van der Waals surface area contributed by atoms with Crippen LogP contribution in [0.4, 0.5) is 0 Å². The average Bonchev–Trinajstić information content (AvgIpc) is 2.70. The Bertz CT molecular complexity index is 406. The molecule has 1 N–H and O–H groups in total. The van der Waals surface area contributed by atoms with Crippen LogP contribution in [0.5, 0.6) is 0 Å². The van der Waals surface area contributed by atoms with Gasteiger partial charge in [-0.15, -0.1) is 0 Å². The lowest BCUT2D eigenvalue weighted by Gasteiger charge is -2.45. The summed E-state index contributed by atoms with van der Waals surface area (Å²) < 4.78 is 5.58. The third-order valence-corrected chi connectivity index (χ3v) is 4.43. The summed E-state index contributed by atoms with van der Waals surface area (Å²) in [5.74, 6) is 0.389. The van der Waals surface area contributed by atoms with Crippen molar-refractivity contribution in [3.63, 3.8) is 0 Å². The highest BCUT2D eigenvalue weighted by Crippen LogP contribution is 2.28. The first-order chi connectivity index (χ1) is 9.24. The van der Waals surface area contributed by atoms with Gasteiger partial charge in [0.2, 0.25) is 11.8 Å². The summed E-state index contributed by atoms with van der Waals surface area (Å²) >= 11 is 0. The van der Waals surface area contributed by atoms with E-state index in [1.807, 2.05) is 20.8 Å². The zero-order valence-corrected chi connectivity index (χ0v) is 13.1. The maximum atomic E-state index is 12.7. The molecule has 3 unspecified atom stereocenters. The van der Waals surface area contributed by atoms with Crippen LogP contribution in [0, 0.1) is 11.8 Å². The van der Waals surface area contributed by atoms with Gasteiger partial charge < -0.3 is 15.0 Å². The maximum absolute atomic E-state index is 12.7. The number of hydrogen-bond acceptors (Lipinski definition) is 3. The van der Waals surface area contributed by atoms with Crippen LogP contribution in [0.3, 0.4) is 0 Å². The van der Waals surface area contributed by atoms with Gasteiger partial charge in [-0.1, -0.05) is 13.8 Å². The van der Waals surface area contributed by atoms with Crippen molar-refractivity contribution in [2.45, 2.75) is 58.7 Å². The van der Waals surface area contributed by atoms with Gasteiger partial charge in [-0.3, -0.25) is 9.59 Å². The fourth-order valence-corrected chi connectivity index (χ4v) is 3.19. The number of carbonyl (C=O) groups is 2. The molecule has 0 aromatic heterocycles. The van der Waals surface area contributed by atoms with E-state index in [2.05, 4.69) is 5.32 Å². The van der Waals surface area contributed by atoms with Crippen molar-refractivity contribution in [2.24, 2.45) is 11.8 Å².